The van der Waals surface area contributed by atoms with Gasteiger partial charge in [-0.2, -0.15) is 0 Å². The molecule has 118 valence electrons. The van der Waals surface area contributed by atoms with Crippen LogP contribution in [0.2, 0.25) is 0 Å². The monoisotopic (exact) mass is 348 g/mol. The van der Waals surface area contributed by atoms with Crippen LogP contribution in [-0.4, -0.2) is 20.1 Å². The van der Waals surface area contributed by atoms with Crippen molar-refractivity contribution in [3.05, 3.63) is 50.6 Å². The van der Waals surface area contributed by atoms with Gasteiger partial charge in [0.2, 0.25) is 0 Å². The molecular formula is C14H12N4O3S2. The SMILES string of the molecule is Cc1nc(C)c(-c2nnc(SCc3ccccc3[N+](=O)[O-])o2)s1. The zero-order valence-electron chi connectivity index (χ0n) is 12.3. The minimum Gasteiger partial charge on any atom is -0.410 e. The Labute approximate surface area is 139 Å². The number of para-hydroxylation sites is 1. The molecule has 0 unspecified atom stereocenters. The summed E-state index contributed by atoms with van der Waals surface area (Å²) in [5.74, 6) is 0.817. The number of rotatable bonds is 5. The summed E-state index contributed by atoms with van der Waals surface area (Å²) in [6.45, 7) is 3.81. The van der Waals surface area contributed by atoms with E-state index in [9.17, 15) is 10.1 Å². The van der Waals surface area contributed by atoms with E-state index in [4.69, 9.17) is 4.42 Å². The Morgan fingerprint density at radius 2 is 2.09 bits per heavy atom. The van der Waals surface area contributed by atoms with Crippen LogP contribution in [0.4, 0.5) is 5.69 Å². The van der Waals surface area contributed by atoms with E-state index in [1.807, 2.05) is 13.8 Å². The van der Waals surface area contributed by atoms with Crippen LogP contribution in [0.3, 0.4) is 0 Å². The van der Waals surface area contributed by atoms with Gasteiger partial charge in [0.05, 0.1) is 15.6 Å². The van der Waals surface area contributed by atoms with Gasteiger partial charge in [-0.1, -0.05) is 30.0 Å². The molecular weight excluding hydrogens is 336 g/mol. The second-order valence-electron chi connectivity index (χ2n) is 4.70. The number of thioether (sulfide) groups is 1. The first-order valence-electron chi connectivity index (χ1n) is 6.67. The molecule has 3 rings (SSSR count). The Morgan fingerprint density at radius 1 is 1.30 bits per heavy atom. The number of aromatic nitrogens is 3. The fraction of sp³-hybridized carbons (Fsp3) is 0.214. The van der Waals surface area contributed by atoms with E-state index < -0.39 is 4.92 Å². The molecule has 0 atom stereocenters. The number of hydrogen-bond donors (Lipinski definition) is 0. The van der Waals surface area contributed by atoms with Gasteiger partial charge < -0.3 is 4.42 Å². The Balaban J connectivity index is 1.76. The van der Waals surface area contributed by atoms with Crippen molar-refractivity contribution in [2.75, 3.05) is 0 Å². The average molecular weight is 348 g/mol. The number of nitro benzene ring substituents is 1. The van der Waals surface area contributed by atoms with Crippen LogP contribution >= 0.6 is 23.1 Å². The topological polar surface area (TPSA) is 95.0 Å². The smallest absolute Gasteiger partial charge is 0.277 e. The molecule has 0 aliphatic carbocycles. The van der Waals surface area contributed by atoms with Crippen LogP contribution in [0.25, 0.3) is 10.8 Å². The summed E-state index contributed by atoms with van der Waals surface area (Å²) in [4.78, 5) is 15.8. The normalized spacial score (nSPS) is 10.9. The van der Waals surface area contributed by atoms with E-state index in [0.717, 1.165) is 15.6 Å². The largest absolute Gasteiger partial charge is 0.410 e. The maximum atomic E-state index is 11.0. The molecule has 1 aromatic carbocycles. The molecule has 3 aromatic rings. The van der Waals surface area contributed by atoms with Crippen molar-refractivity contribution in [3.8, 4) is 10.8 Å². The number of hydrogen-bond acceptors (Lipinski definition) is 8. The van der Waals surface area contributed by atoms with Crippen molar-refractivity contribution in [2.24, 2.45) is 0 Å². The number of nitro groups is 1. The molecule has 0 fully saturated rings. The van der Waals surface area contributed by atoms with Gasteiger partial charge >= 0.3 is 0 Å². The van der Waals surface area contributed by atoms with E-state index >= 15 is 0 Å². The van der Waals surface area contributed by atoms with Crippen LogP contribution in [0, 0.1) is 24.0 Å². The molecule has 0 aliphatic rings. The molecule has 0 radical (unpaired) electrons. The van der Waals surface area contributed by atoms with E-state index in [0.29, 0.717) is 22.4 Å². The van der Waals surface area contributed by atoms with E-state index in [1.54, 1.807) is 18.2 Å². The van der Waals surface area contributed by atoms with Crippen molar-refractivity contribution in [1.29, 1.82) is 0 Å². The van der Waals surface area contributed by atoms with Gasteiger partial charge in [-0.05, 0) is 13.8 Å². The first-order chi connectivity index (χ1) is 11.0. The Hall–Kier alpha value is -2.26. The highest BCUT2D eigenvalue weighted by atomic mass is 32.2. The molecule has 0 N–H and O–H groups in total. The van der Waals surface area contributed by atoms with Gasteiger partial charge in [-0.15, -0.1) is 21.5 Å². The van der Waals surface area contributed by atoms with E-state index in [1.165, 1.54) is 29.2 Å². The standard InChI is InChI=1S/C14H12N4O3S2/c1-8-12(23-9(2)15-8)13-16-17-14(21-13)22-7-10-5-3-4-6-11(10)18(19)20/h3-6H,7H2,1-2H3. The third-order valence-electron chi connectivity index (χ3n) is 3.04. The van der Waals surface area contributed by atoms with E-state index in [2.05, 4.69) is 15.2 Å². The van der Waals surface area contributed by atoms with Crippen molar-refractivity contribution in [2.45, 2.75) is 24.8 Å². The van der Waals surface area contributed by atoms with Crippen molar-refractivity contribution < 1.29 is 9.34 Å². The minimum absolute atomic E-state index is 0.0914. The lowest BCUT2D eigenvalue weighted by Gasteiger charge is -1.99. The number of thiazole rings is 1. The molecule has 0 bridgehead atoms. The van der Waals surface area contributed by atoms with Crippen LogP contribution in [-0.2, 0) is 5.75 Å². The summed E-state index contributed by atoms with van der Waals surface area (Å²) in [5, 5.41) is 20.3. The molecule has 9 heteroatoms. The molecule has 0 aliphatic heterocycles. The maximum Gasteiger partial charge on any atom is 0.277 e. The summed E-state index contributed by atoms with van der Waals surface area (Å²) >= 11 is 2.77. The third-order valence-corrected chi connectivity index (χ3v) is 4.97. The zero-order chi connectivity index (χ0) is 16.4. The number of nitrogens with zero attached hydrogens (tertiary/aromatic N) is 4. The molecule has 0 saturated carbocycles. The molecule has 2 heterocycles. The van der Waals surface area contributed by atoms with Crippen LogP contribution in [0.1, 0.15) is 16.3 Å². The Kier molecular flexibility index (Phi) is 4.39. The lowest BCUT2D eigenvalue weighted by molar-refractivity contribution is -0.385. The van der Waals surface area contributed by atoms with Crippen LogP contribution in [0.15, 0.2) is 33.9 Å². The molecule has 0 amide bonds. The Bertz CT molecular complexity index is 859. The summed E-state index contributed by atoms with van der Waals surface area (Å²) in [6, 6.07) is 6.62. The summed E-state index contributed by atoms with van der Waals surface area (Å²) in [7, 11) is 0. The summed E-state index contributed by atoms with van der Waals surface area (Å²) in [6.07, 6.45) is 0. The highest BCUT2D eigenvalue weighted by Gasteiger charge is 2.17. The Morgan fingerprint density at radius 3 is 2.78 bits per heavy atom. The van der Waals surface area contributed by atoms with Gasteiger partial charge in [-0.3, -0.25) is 10.1 Å². The van der Waals surface area contributed by atoms with Gasteiger partial charge in [-0.25, -0.2) is 4.98 Å². The fourth-order valence-electron chi connectivity index (χ4n) is 2.04. The first-order valence-corrected chi connectivity index (χ1v) is 8.48. The lowest BCUT2D eigenvalue weighted by Crippen LogP contribution is -1.93. The predicted octanol–water partition coefficient (Wildman–Crippen LogP) is 4.01. The van der Waals surface area contributed by atoms with Crippen molar-refractivity contribution in [3.63, 3.8) is 0 Å². The molecule has 23 heavy (non-hydrogen) atoms. The molecule has 0 spiro atoms. The lowest BCUT2D eigenvalue weighted by atomic mass is 10.2. The molecule has 0 saturated heterocycles. The second-order valence-corrected chi connectivity index (χ2v) is 6.82. The van der Waals surface area contributed by atoms with Crippen molar-refractivity contribution >= 4 is 28.8 Å². The average Bonchev–Trinajstić information content (AvgIpc) is 3.11. The summed E-state index contributed by atoms with van der Waals surface area (Å²) in [5.41, 5.74) is 1.56. The number of aryl methyl sites for hydroxylation is 2. The van der Waals surface area contributed by atoms with E-state index in [-0.39, 0.29) is 5.69 Å². The van der Waals surface area contributed by atoms with Gasteiger partial charge in [0.25, 0.3) is 16.8 Å². The maximum absolute atomic E-state index is 11.0. The zero-order valence-corrected chi connectivity index (χ0v) is 14.0. The molecule has 2 aromatic heterocycles. The minimum atomic E-state index is -0.390. The second kappa shape index (κ2) is 6.47. The van der Waals surface area contributed by atoms with Gasteiger partial charge in [0.15, 0.2) is 0 Å². The molecule has 7 nitrogen and oxygen atoms in total. The summed E-state index contributed by atoms with van der Waals surface area (Å²) < 4.78 is 5.63. The highest BCUT2D eigenvalue weighted by molar-refractivity contribution is 7.98. The van der Waals surface area contributed by atoms with Gasteiger partial charge in [0.1, 0.15) is 4.88 Å². The third kappa shape index (κ3) is 3.40. The van der Waals surface area contributed by atoms with Crippen LogP contribution in [0.5, 0.6) is 0 Å². The highest BCUT2D eigenvalue weighted by Crippen LogP contribution is 2.32. The van der Waals surface area contributed by atoms with Gasteiger partial charge in [0, 0.05) is 17.4 Å². The predicted molar refractivity (Wildman–Crippen MR) is 87.5 cm³/mol. The number of benzene rings is 1. The first kappa shape index (κ1) is 15.6. The van der Waals surface area contributed by atoms with Crippen molar-refractivity contribution in [1.82, 2.24) is 15.2 Å². The fourth-order valence-corrected chi connectivity index (χ4v) is 3.64. The quantitative estimate of drug-likeness (QED) is 0.390. The van der Waals surface area contributed by atoms with Crippen LogP contribution < -0.4 is 0 Å².